The third-order valence-electron chi connectivity index (χ3n) is 7.94. The highest BCUT2D eigenvalue weighted by molar-refractivity contribution is 7.14. The Hall–Kier alpha value is -2.90. The first-order valence-corrected chi connectivity index (χ1v) is 15.1. The molecule has 2 aromatic rings. The number of β-amino-alcohol motifs (C(OH)–C–C–N with tert-alkyl or cyclic N) is 1. The maximum atomic E-state index is 13.5. The number of likely N-dealkylation sites (tertiary alicyclic amines) is 1. The van der Waals surface area contributed by atoms with Crippen molar-refractivity contribution in [3.8, 4) is 11.3 Å². The maximum absolute atomic E-state index is 13.5. The summed E-state index contributed by atoms with van der Waals surface area (Å²) in [6, 6.07) is 5.58. The number of thiazole rings is 1. The van der Waals surface area contributed by atoms with E-state index < -0.39 is 24.3 Å². The highest BCUT2D eigenvalue weighted by Gasteiger charge is 2.52. The first-order valence-electron chi connectivity index (χ1n) is 14.2. The van der Waals surface area contributed by atoms with Crippen molar-refractivity contribution in [3.05, 3.63) is 35.2 Å². The Balaban J connectivity index is 1.21. The van der Waals surface area contributed by atoms with E-state index in [1.165, 1.54) is 4.90 Å². The van der Waals surface area contributed by atoms with Gasteiger partial charge in [0, 0.05) is 56.3 Å². The van der Waals surface area contributed by atoms with E-state index in [1.807, 2.05) is 31.4 Å². The minimum absolute atomic E-state index is 0.0121. The molecule has 3 aliphatic heterocycles. The number of aliphatic hydroxyl groups excluding tert-OH is 1. The van der Waals surface area contributed by atoms with E-state index in [9.17, 15) is 19.5 Å². The maximum Gasteiger partial charge on any atom is 0.251 e. The first-order chi connectivity index (χ1) is 19.7. The van der Waals surface area contributed by atoms with Gasteiger partial charge in [0.25, 0.3) is 5.91 Å². The number of carbonyl (C=O) groups excluding carboxylic acids is 3. The van der Waals surface area contributed by atoms with E-state index in [2.05, 4.69) is 15.1 Å². The molecule has 1 aromatic heterocycles. The van der Waals surface area contributed by atoms with E-state index in [1.54, 1.807) is 30.6 Å². The number of benzene rings is 1. The van der Waals surface area contributed by atoms with Gasteiger partial charge in [0.2, 0.25) is 5.91 Å². The molecule has 0 unspecified atom stereocenters. The molecule has 2 amide bonds. The second kappa shape index (κ2) is 13.0. The number of aromatic nitrogens is 1. The van der Waals surface area contributed by atoms with Gasteiger partial charge in [-0.2, -0.15) is 0 Å². The molecule has 0 spiro atoms. The molecule has 2 N–H and O–H groups in total. The third-order valence-corrected chi connectivity index (χ3v) is 8.84. The number of rotatable bonds is 10. The number of hydrogen-bond acceptors (Lipinski definition) is 10. The Morgan fingerprint density at radius 3 is 2.61 bits per heavy atom. The minimum Gasteiger partial charge on any atom is -0.388 e. The number of hydrogen-bond donors (Lipinski definition) is 2. The standard InChI is InChI=1S/C29H39N5O6S/c1-18(2)14-21(28(38)34-15-23(35)26-25(34)24(36)16-40-26)30-27(37)20-6-4-19(5-7-20)22-17-41-29(31-22)33-10-8-32(9-11-33)12-13-39-3/h4-7,17-18,21,23,25-26,35H,8-16H2,1-3H3,(H,30,37)/t21-,23+,25+,26+/m0/s1. The van der Waals surface area contributed by atoms with Crippen molar-refractivity contribution in [2.45, 2.75) is 44.6 Å². The summed E-state index contributed by atoms with van der Waals surface area (Å²) in [6.07, 6.45) is -1.22. The van der Waals surface area contributed by atoms with Gasteiger partial charge >= 0.3 is 0 Å². The van der Waals surface area contributed by atoms with Gasteiger partial charge in [-0.05, 0) is 24.5 Å². The largest absolute Gasteiger partial charge is 0.388 e. The van der Waals surface area contributed by atoms with Crippen LogP contribution >= 0.6 is 11.3 Å². The van der Waals surface area contributed by atoms with Crippen molar-refractivity contribution in [1.82, 2.24) is 20.1 Å². The summed E-state index contributed by atoms with van der Waals surface area (Å²) < 4.78 is 10.6. The number of methoxy groups -OCH3 is 1. The van der Waals surface area contributed by atoms with Crippen LogP contribution in [0.4, 0.5) is 5.13 Å². The number of Topliss-reactive ketones (excluding diaryl/α,β-unsaturated/α-hetero) is 1. The van der Waals surface area contributed by atoms with Crippen LogP contribution in [0.5, 0.6) is 0 Å². The number of ether oxygens (including phenoxy) is 2. The fourth-order valence-electron chi connectivity index (χ4n) is 5.71. The van der Waals surface area contributed by atoms with Gasteiger partial charge in [0.1, 0.15) is 30.9 Å². The molecule has 222 valence electrons. The summed E-state index contributed by atoms with van der Waals surface area (Å²) in [4.78, 5) is 50.0. The molecule has 4 heterocycles. The zero-order valence-electron chi connectivity index (χ0n) is 23.8. The topological polar surface area (TPSA) is 125 Å². The summed E-state index contributed by atoms with van der Waals surface area (Å²) in [5.74, 6) is -0.841. The summed E-state index contributed by atoms with van der Waals surface area (Å²) >= 11 is 1.62. The lowest BCUT2D eigenvalue weighted by molar-refractivity contribution is -0.138. The van der Waals surface area contributed by atoms with Crippen molar-refractivity contribution in [2.24, 2.45) is 5.92 Å². The number of anilines is 1. The van der Waals surface area contributed by atoms with E-state index >= 15 is 0 Å². The fraction of sp³-hybridized carbons (Fsp3) is 0.586. The van der Waals surface area contributed by atoms with Gasteiger partial charge < -0.3 is 29.7 Å². The summed E-state index contributed by atoms with van der Waals surface area (Å²) in [6.45, 7) is 9.31. The molecule has 41 heavy (non-hydrogen) atoms. The number of carbonyl (C=O) groups is 3. The molecule has 1 aromatic carbocycles. The Bertz CT molecular complexity index is 1230. The Kier molecular flexibility index (Phi) is 9.35. The summed E-state index contributed by atoms with van der Waals surface area (Å²) in [5.41, 5.74) is 2.20. The summed E-state index contributed by atoms with van der Waals surface area (Å²) in [7, 11) is 1.73. The molecule has 3 fully saturated rings. The van der Waals surface area contributed by atoms with Crippen LogP contribution in [0.15, 0.2) is 29.6 Å². The van der Waals surface area contributed by atoms with E-state index in [0.717, 1.165) is 55.7 Å². The van der Waals surface area contributed by atoms with Crippen LogP contribution in [-0.2, 0) is 19.1 Å². The van der Waals surface area contributed by atoms with Crippen LogP contribution in [0.25, 0.3) is 11.3 Å². The molecule has 3 saturated heterocycles. The van der Waals surface area contributed by atoms with E-state index in [0.29, 0.717) is 12.0 Å². The molecule has 3 aliphatic rings. The van der Waals surface area contributed by atoms with Crippen molar-refractivity contribution in [2.75, 3.05) is 64.5 Å². The van der Waals surface area contributed by atoms with Crippen molar-refractivity contribution in [1.29, 1.82) is 0 Å². The molecule has 5 rings (SSSR count). The molecule has 0 bridgehead atoms. The number of amides is 2. The van der Waals surface area contributed by atoms with Crippen molar-refractivity contribution < 1.29 is 29.0 Å². The fourth-order valence-corrected chi connectivity index (χ4v) is 6.60. The Labute approximate surface area is 244 Å². The van der Waals surface area contributed by atoms with Gasteiger partial charge in [-0.3, -0.25) is 19.3 Å². The van der Waals surface area contributed by atoms with Crippen LogP contribution in [0.3, 0.4) is 0 Å². The first kappa shape index (κ1) is 29.6. The normalized spacial score (nSPS) is 23.7. The van der Waals surface area contributed by atoms with Gasteiger partial charge in [-0.15, -0.1) is 11.3 Å². The minimum atomic E-state index is -0.921. The lowest BCUT2D eigenvalue weighted by Gasteiger charge is -2.34. The monoisotopic (exact) mass is 585 g/mol. The van der Waals surface area contributed by atoms with Gasteiger partial charge in [-0.25, -0.2) is 4.98 Å². The van der Waals surface area contributed by atoms with Crippen molar-refractivity contribution >= 4 is 34.1 Å². The van der Waals surface area contributed by atoms with Crippen LogP contribution in [-0.4, -0.2) is 121 Å². The molecular weight excluding hydrogens is 546 g/mol. The van der Waals surface area contributed by atoms with Crippen LogP contribution in [0.2, 0.25) is 0 Å². The number of aliphatic hydroxyl groups is 1. The zero-order chi connectivity index (χ0) is 29.1. The SMILES string of the molecule is COCCN1CCN(c2nc(-c3ccc(C(=O)N[C@@H](CC(C)C)C(=O)N4C[C@@H](O)[C@H]5OCC(=O)[C@H]54)cc3)cs2)CC1. The predicted molar refractivity (Wildman–Crippen MR) is 155 cm³/mol. The van der Waals surface area contributed by atoms with Gasteiger partial charge in [0.05, 0.1) is 18.8 Å². The number of nitrogens with one attached hydrogen (secondary N) is 1. The van der Waals surface area contributed by atoms with Gasteiger partial charge in [-0.1, -0.05) is 26.0 Å². The highest BCUT2D eigenvalue weighted by Crippen LogP contribution is 2.30. The van der Waals surface area contributed by atoms with Crippen LogP contribution in [0.1, 0.15) is 30.6 Å². The lowest BCUT2D eigenvalue weighted by atomic mass is 10.0. The molecule has 4 atom stereocenters. The van der Waals surface area contributed by atoms with E-state index in [4.69, 9.17) is 14.5 Å². The molecular formula is C29H39N5O6S. The smallest absolute Gasteiger partial charge is 0.251 e. The molecule has 0 saturated carbocycles. The molecule has 12 heteroatoms. The Morgan fingerprint density at radius 1 is 1.20 bits per heavy atom. The average Bonchev–Trinajstić information content (AvgIpc) is 3.69. The number of nitrogens with zero attached hydrogens (tertiary/aromatic N) is 4. The average molecular weight is 586 g/mol. The second-order valence-corrected chi connectivity index (χ2v) is 12.2. The Morgan fingerprint density at radius 2 is 1.93 bits per heavy atom. The lowest BCUT2D eigenvalue weighted by Crippen LogP contribution is -2.52. The third kappa shape index (κ3) is 6.62. The zero-order valence-corrected chi connectivity index (χ0v) is 24.6. The molecule has 11 nitrogen and oxygen atoms in total. The second-order valence-electron chi connectivity index (χ2n) is 11.3. The van der Waals surface area contributed by atoms with Crippen LogP contribution in [0, 0.1) is 5.92 Å². The van der Waals surface area contributed by atoms with Gasteiger partial charge in [0.15, 0.2) is 10.9 Å². The quantitative estimate of drug-likeness (QED) is 0.424. The molecule has 0 aliphatic carbocycles. The summed E-state index contributed by atoms with van der Waals surface area (Å²) in [5, 5.41) is 16.2. The van der Waals surface area contributed by atoms with E-state index in [-0.39, 0.29) is 36.7 Å². The van der Waals surface area contributed by atoms with Crippen LogP contribution < -0.4 is 10.2 Å². The predicted octanol–water partition coefficient (Wildman–Crippen LogP) is 1.26. The molecule has 0 radical (unpaired) electrons. The van der Waals surface area contributed by atoms with Crippen molar-refractivity contribution in [3.63, 3.8) is 0 Å². The number of piperazine rings is 1. The number of ketones is 1. The highest BCUT2D eigenvalue weighted by atomic mass is 32.1. The number of fused-ring (bicyclic) bond motifs is 1.